The van der Waals surface area contributed by atoms with Crippen LogP contribution >= 0.6 is 24.0 Å². The molecule has 142 valence electrons. The van der Waals surface area contributed by atoms with Crippen LogP contribution in [0.5, 0.6) is 0 Å². The standard InChI is InChI=1S/C19H32N4O.HI/c1-7-14(3)22-18(20-8-2)21-13-15-10-9-11-16(12-15)17(24)23-19(4,5)6;/h9-12,14H,7-8,13H2,1-6H3,(H,23,24)(H2,20,21,22);1H. The third kappa shape index (κ3) is 9.67. The number of nitrogens with one attached hydrogen (secondary N) is 3. The van der Waals surface area contributed by atoms with Crippen molar-refractivity contribution in [2.75, 3.05) is 6.54 Å². The number of guanidine groups is 1. The Balaban J connectivity index is 0.00000576. The lowest BCUT2D eigenvalue weighted by Crippen LogP contribution is -2.42. The predicted molar refractivity (Wildman–Crippen MR) is 117 cm³/mol. The molecule has 1 amide bonds. The van der Waals surface area contributed by atoms with E-state index in [1.165, 1.54) is 0 Å². The van der Waals surface area contributed by atoms with Crippen LogP contribution in [0.3, 0.4) is 0 Å². The van der Waals surface area contributed by atoms with Crippen LogP contribution in [0, 0.1) is 0 Å². The molecule has 0 aromatic heterocycles. The summed E-state index contributed by atoms with van der Waals surface area (Å²) in [5, 5.41) is 9.59. The van der Waals surface area contributed by atoms with Gasteiger partial charge in [0.1, 0.15) is 0 Å². The van der Waals surface area contributed by atoms with Crippen LogP contribution in [0.4, 0.5) is 0 Å². The normalized spacial score (nSPS) is 12.8. The average molecular weight is 460 g/mol. The summed E-state index contributed by atoms with van der Waals surface area (Å²) < 4.78 is 0. The van der Waals surface area contributed by atoms with Gasteiger partial charge in [0.25, 0.3) is 5.91 Å². The lowest BCUT2D eigenvalue weighted by atomic mass is 10.1. The quantitative estimate of drug-likeness (QED) is 0.345. The molecule has 5 nitrogen and oxygen atoms in total. The fourth-order valence-electron chi connectivity index (χ4n) is 2.05. The van der Waals surface area contributed by atoms with Crippen LogP contribution in [-0.4, -0.2) is 30.0 Å². The van der Waals surface area contributed by atoms with Crippen molar-refractivity contribution < 1.29 is 4.79 Å². The summed E-state index contributed by atoms with van der Waals surface area (Å²) >= 11 is 0. The molecule has 0 saturated heterocycles. The Morgan fingerprint density at radius 2 is 1.92 bits per heavy atom. The Morgan fingerprint density at radius 1 is 1.24 bits per heavy atom. The predicted octanol–water partition coefficient (Wildman–Crippen LogP) is 3.69. The highest BCUT2D eigenvalue weighted by Crippen LogP contribution is 2.09. The molecular formula is C19H33IN4O. The summed E-state index contributed by atoms with van der Waals surface area (Å²) in [6.07, 6.45) is 1.03. The number of nitrogens with zero attached hydrogens (tertiary/aromatic N) is 1. The van der Waals surface area contributed by atoms with Gasteiger partial charge in [-0.1, -0.05) is 19.1 Å². The van der Waals surface area contributed by atoms with Gasteiger partial charge in [-0.15, -0.1) is 24.0 Å². The second-order valence-electron chi connectivity index (χ2n) is 7.05. The van der Waals surface area contributed by atoms with Gasteiger partial charge in [-0.05, 0) is 58.7 Å². The van der Waals surface area contributed by atoms with E-state index in [-0.39, 0.29) is 35.4 Å². The highest BCUT2D eigenvalue weighted by Gasteiger charge is 2.15. The van der Waals surface area contributed by atoms with E-state index in [1.807, 2.05) is 52.0 Å². The molecule has 0 saturated carbocycles. The summed E-state index contributed by atoms with van der Waals surface area (Å²) in [4.78, 5) is 16.9. The summed E-state index contributed by atoms with van der Waals surface area (Å²) in [5.74, 6) is 0.745. The maximum Gasteiger partial charge on any atom is 0.251 e. The van der Waals surface area contributed by atoms with Crippen LogP contribution in [0.2, 0.25) is 0 Å². The van der Waals surface area contributed by atoms with Gasteiger partial charge in [-0.3, -0.25) is 4.79 Å². The first-order chi connectivity index (χ1) is 11.2. The molecule has 0 fully saturated rings. The molecule has 1 atom stereocenters. The molecule has 3 N–H and O–H groups in total. The van der Waals surface area contributed by atoms with E-state index in [2.05, 4.69) is 34.8 Å². The maximum absolute atomic E-state index is 12.3. The van der Waals surface area contributed by atoms with Gasteiger partial charge in [0.15, 0.2) is 5.96 Å². The number of rotatable bonds is 6. The fraction of sp³-hybridized carbons (Fsp3) is 0.579. The summed E-state index contributed by atoms with van der Waals surface area (Å²) in [7, 11) is 0. The average Bonchev–Trinajstić information content (AvgIpc) is 2.51. The Hall–Kier alpha value is -1.31. The van der Waals surface area contributed by atoms with Gasteiger partial charge in [0.2, 0.25) is 0 Å². The molecule has 1 aromatic rings. The highest BCUT2D eigenvalue weighted by atomic mass is 127. The van der Waals surface area contributed by atoms with Crippen molar-refractivity contribution in [1.82, 2.24) is 16.0 Å². The second-order valence-corrected chi connectivity index (χ2v) is 7.05. The SMILES string of the molecule is CCNC(=NCc1cccc(C(=O)NC(C)(C)C)c1)NC(C)CC.I. The van der Waals surface area contributed by atoms with Gasteiger partial charge in [0, 0.05) is 23.7 Å². The van der Waals surface area contributed by atoms with E-state index in [9.17, 15) is 4.79 Å². The Morgan fingerprint density at radius 3 is 2.48 bits per heavy atom. The minimum Gasteiger partial charge on any atom is -0.357 e. The van der Waals surface area contributed by atoms with Crippen molar-refractivity contribution in [3.05, 3.63) is 35.4 Å². The van der Waals surface area contributed by atoms with Gasteiger partial charge in [-0.25, -0.2) is 4.99 Å². The smallest absolute Gasteiger partial charge is 0.251 e. The third-order valence-corrected chi connectivity index (χ3v) is 3.44. The highest BCUT2D eigenvalue weighted by molar-refractivity contribution is 14.0. The number of carbonyl (C=O) groups excluding carboxylic acids is 1. The molecule has 0 radical (unpaired) electrons. The van der Waals surface area contributed by atoms with Gasteiger partial charge in [-0.2, -0.15) is 0 Å². The van der Waals surface area contributed by atoms with Crippen LogP contribution in [0.25, 0.3) is 0 Å². The van der Waals surface area contributed by atoms with Gasteiger partial charge >= 0.3 is 0 Å². The summed E-state index contributed by atoms with van der Waals surface area (Å²) in [6.45, 7) is 13.6. The summed E-state index contributed by atoms with van der Waals surface area (Å²) in [5.41, 5.74) is 1.43. The molecule has 25 heavy (non-hydrogen) atoms. The molecule has 0 heterocycles. The van der Waals surface area contributed by atoms with E-state index in [0.29, 0.717) is 18.2 Å². The van der Waals surface area contributed by atoms with E-state index < -0.39 is 0 Å². The van der Waals surface area contributed by atoms with Crippen molar-refractivity contribution >= 4 is 35.8 Å². The number of amides is 1. The Kier molecular flexibility index (Phi) is 10.7. The van der Waals surface area contributed by atoms with E-state index in [0.717, 1.165) is 24.5 Å². The number of aliphatic imine (C=N–C) groups is 1. The monoisotopic (exact) mass is 460 g/mol. The zero-order valence-corrected chi connectivity index (χ0v) is 18.6. The first-order valence-corrected chi connectivity index (χ1v) is 8.71. The van der Waals surface area contributed by atoms with E-state index in [1.54, 1.807) is 0 Å². The number of carbonyl (C=O) groups is 1. The minimum absolute atomic E-state index is 0. The molecular weight excluding hydrogens is 427 g/mol. The van der Waals surface area contributed by atoms with Crippen molar-refractivity contribution in [1.29, 1.82) is 0 Å². The zero-order chi connectivity index (χ0) is 18.2. The molecule has 0 spiro atoms. The third-order valence-electron chi connectivity index (χ3n) is 3.44. The molecule has 6 heteroatoms. The zero-order valence-electron chi connectivity index (χ0n) is 16.3. The molecule has 0 bridgehead atoms. The topological polar surface area (TPSA) is 65.5 Å². The van der Waals surface area contributed by atoms with Crippen LogP contribution in [-0.2, 0) is 6.54 Å². The fourth-order valence-corrected chi connectivity index (χ4v) is 2.05. The van der Waals surface area contributed by atoms with Crippen molar-refractivity contribution in [3.63, 3.8) is 0 Å². The molecule has 0 aliphatic heterocycles. The van der Waals surface area contributed by atoms with Crippen LogP contribution in [0.1, 0.15) is 63.9 Å². The maximum atomic E-state index is 12.3. The van der Waals surface area contributed by atoms with E-state index in [4.69, 9.17) is 0 Å². The van der Waals surface area contributed by atoms with Crippen molar-refractivity contribution in [3.8, 4) is 0 Å². The first-order valence-electron chi connectivity index (χ1n) is 8.71. The Bertz CT molecular complexity index is 567. The van der Waals surface area contributed by atoms with Gasteiger partial charge in [0.05, 0.1) is 6.54 Å². The van der Waals surface area contributed by atoms with Crippen molar-refractivity contribution in [2.24, 2.45) is 4.99 Å². The van der Waals surface area contributed by atoms with Gasteiger partial charge < -0.3 is 16.0 Å². The van der Waals surface area contributed by atoms with Crippen molar-refractivity contribution in [2.45, 2.75) is 66.1 Å². The van der Waals surface area contributed by atoms with Crippen LogP contribution in [0.15, 0.2) is 29.3 Å². The lowest BCUT2D eigenvalue weighted by molar-refractivity contribution is 0.0919. The largest absolute Gasteiger partial charge is 0.357 e. The summed E-state index contributed by atoms with van der Waals surface area (Å²) in [6, 6.07) is 7.99. The Labute approximate surface area is 169 Å². The number of benzene rings is 1. The molecule has 1 rings (SSSR count). The molecule has 1 unspecified atom stereocenters. The number of halogens is 1. The molecule has 0 aliphatic rings. The number of hydrogen-bond donors (Lipinski definition) is 3. The molecule has 0 aliphatic carbocycles. The minimum atomic E-state index is -0.246. The second kappa shape index (κ2) is 11.3. The number of hydrogen-bond acceptors (Lipinski definition) is 2. The lowest BCUT2D eigenvalue weighted by Gasteiger charge is -2.20. The first kappa shape index (κ1) is 23.7. The van der Waals surface area contributed by atoms with Crippen LogP contribution < -0.4 is 16.0 Å². The molecule has 1 aromatic carbocycles. The van der Waals surface area contributed by atoms with E-state index >= 15 is 0 Å².